The first-order valence-electron chi connectivity index (χ1n) is 4.13. The second-order valence-electron chi connectivity index (χ2n) is 2.52. The molecule has 3 heteroatoms. The molecule has 0 aliphatic heterocycles. The highest BCUT2D eigenvalue weighted by Gasteiger charge is 2.03. The van der Waals surface area contributed by atoms with Gasteiger partial charge in [0.15, 0.2) is 0 Å². The van der Waals surface area contributed by atoms with Crippen LogP contribution >= 0.6 is 0 Å². The Labute approximate surface area is 68.4 Å². The minimum atomic E-state index is -0.0495. The first-order chi connectivity index (χ1) is 5.35. The van der Waals surface area contributed by atoms with Crippen molar-refractivity contribution in [3.63, 3.8) is 0 Å². The van der Waals surface area contributed by atoms with Crippen molar-refractivity contribution in [3.05, 3.63) is 6.42 Å². The van der Waals surface area contributed by atoms with Crippen molar-refractivity contribution in [3.8, 4) is 0 Å². The van der Waals surface area contributed by atoms with Gasteiger partial charge in [-0.05, 0) is 13.0 Å². The fourth-order valence-electron chi connectivity index (χ4n) is 0.814. The standard InChI is InChI=1S/C8H18NO2/c1-2-3-5-9-8(7-11)4-6-10/h4,8-11H,2-3,5-7H2,1H3. The number of rotatable bonds is 7. The van der Waals surface area contributed by atoms with Crippen LogP contribution in [0.5, 0.6) is 0 Å². The van der Waals surface area contributed by atoms with Gasteiger partial charge >= 0.3 is 0 Å². The van der Waals surface area contributed by atoms with Gasteiger partial charge in [-0.1, -0.05) is 13.3 Å². The predicted molar refractivity (Wildman–Crippen MR) is 45.2 cm³/mol. The van der Waals surface area contributed by atoms with E-state index < -0.39 is 0 Å². The maximum Gasteiger partial charge on any atom is 0.0588 e. The molecule has 0 bridgehead atoms. The van der Waals surface area contributed by atoms with E-state index in [2.05, 4.69) is 12.2 Å². The molecule has 1 radical (unpaired) electrons. The second kappa shape index (κ2) is 7.98. The summed E-state index contributed by atoms with van der Waals surface area (Å²) in [4.78, 5) is 0. The summed E-state index contributed by atoms with van der Waals surface area (Å²) < 4.78 is 0. The van der Waals surface area contributed by atoms with Crippen LogP contribution in [0.2, 0.25) is 0 Å². The normalized spacial score (nSPS) is 13.4. The molecule has 0 aromatic heterocycles. The van der Waals surface area contributed by atoms with Crippen molar-refractivity contribution in [2.24, 2.45) is 0 Å². The van der Waals surface area contributed by atoms with Gasteiger partial charge in [0, 0.05) is 19.1 Å². The number of nitrogens with one attached hydrogen (secondary N) is 1. The topological polar surface area (TPSA) is 52.5 Å². The van der Waals surface area contributed by atoms with E-state index in [1.165, 1.54) is 0 Å². The molecule has 0 fully saturated rings. The van der Waals surface area contributed by atoms with Gasteiger partial charge in [-0.15, -0.1) is 0 Å². The molecule has 0 saturated carbocycles. The molecule has 3 nitrogen and oxygen atoms in total. The quantitative estimate of drug-likeness (QED) is 0.457. The summed E-state index contributed by atoms with van der Waals surface area (Å²) in [7, 11) is 0. The molecule has 0 rings (SSSR count). The number of hydrogen-bond acceptors (Lipinski definition) is 3. The van der Waals surface area contributed by atoms with Crippen LogP contribution < -0.4 is 5.32 Å². The average Bonchev–Trinajstić information content (AvgIpc) is 2.03. The zero-order chi connectivity index (χ0) is 8.53. The lowest BCUT2D eigenvalue weighted by atomic mass is 10.2. The molecule has 0 aromatic carbocycles. The third kappa shape index (κ3) is 6.28. The van der Waals surface area contributed by atoms with Crippen molar-refractivity contribution in [2.45, 2.75) is 25.8 Å². The fourth-order valence-corrected chi connectivity index (χ4v) is 0.814. The summed E-state index contributed by atoms with van der Waals surface area (Å²) in [6.45, 7) is 3.10. The van der Waals surface area contributed by atoms with Gasteiger partial charge in [-0.2, -0.15) is 0 Å². The smallest absolute Gasteiger partial charge is 0.0588 e. The minimum Gasteiger partial charge on any atom is -0.396 e. The average molecular weight is 160 g/mol. The maximum atomic E-state index is 8.75. The molecule has 0 amide bonds. The van der Waals surface area contributed by atoms with Crippen LogP contribution in [-0.4, -0.2) is 36.0 Å². The van der Waals surface area contributed by atoms with Crippen LogP contribution in [0.3, 0.4) is 0 Å². The molecule has 11 heavy (non-hydrogen) atoms. The van der Waals surface area contributed by atoms with Crippen LogP contribution in [0.15, 0.2) is 0 Å². The molecule has 0 aromatic rings. The third-order valence-electron chi connectivity index (χ3n) is 1.52. The van der Waals surface area contributed by atoms with E-state index in [0.29, 0.717) is 0 Å². The summed E-state index contributed by atoms with van der Waals surface area (Å²) in [6.07, 6.45) is 3.91. The number of hydrogen-bond donors (Lipinski definition) is 3. The van der Waals surface area contributed by atoms with Gasteiger partial charge in [0.05, 0.1) is 6.61 Å². The second-order valence-corrected chi connectivity index (χ2v) is 2.52. The summed E-state index contributed by atoms with van der Waals surface area (Å²) in [5, 5.41) is 20.4. The van der Waals surface area contributed by atoms with Crippen molar-refractivity contribution in [2.75, 3.05) is 19.8 Å². The summed E-state index contributed by atoms with van der Waals surface area (Å²) in [5.41, 5.74) is 0. The van der Waals surface area contributed by atoms with E-state index in [1.807, 2.05) is 0 Å². The lowest BCUT2D eigenvalue weighted by Crippen LogP contribution is -2.34. The van der Waals surface area contributed by atoms with Crippen LogP contribution in [-0.2, 0) is 0 Å². The summed E-state index contributed by atoms with van der Waals surface area (Å²) in [6, 6.07) is -0.0495. The Hall–Kier alpha value is -0.120. The van der Waals surface area contributed by atoms with Crippen LogP contribution in [0.25, 0.3) is 0 Å². The Morgan fingerprint density at radius 2 is 2.18 bits per heavy atom. The Balaban J connectivity index is 3.20. The number of unbranched alkanes of at least 4 members (excludes halogenated alkanes) is 1. The number of aliphatic hydroxyl groups excluding tert-OH is 2. The van der Waals surface area contributed by atoms with Gasteiger partial charge in [0.2, 0.25) is 0 Å². The highest BCUT2D eigenvalue weighted by Crippen LogP contribution is 1.89. The van der Waals surface area contributed by atoms with Crippen molar-refractivity contribution < 1.29 is 10.2 Å². The molecule has 1 unspecified atom stereocenters. The van der Waals surface area contributed by atoms with Gasteiger partial charge in [0.1, 0.15) is 0 Å². The largest absolute Gasteiger partial charge is 0.396 e. The Morgan fingerprint density at radius 3 is 2.64 bits per heavy atom. The molecule has 0 saturated heterocycles. The highest BCUT2D eigenvalue weighted by atomic mass is 16.3. The van der Waals surface area contributed by atoms with Gasteiger partial charge in [0.25, 0.3) is 0 Å². The Morgan fingerprint density at radius 1 is 1.45 bits per heavy atom. The van der Waals surface area contributed by atoms with Crippen LogP contribution in [0.1, 0.15) is 19.8 Å². The molecule has 67 valence electrons. The predicted octanol–water partition coefficient (Wildman–Crippen LogP) is -0.0664. The lowest BCUT2D eigenvalue weighted by molar-refractivity contribution is 0.237. The third-order valence-corrected chi connectivity index (χ3v) is 1.52. The zero-order valence-corrected chi connectivity index (χ0v) is 7.08. The van der Waals surface area contributed by atoms with Gasteiger partial charge < -0.3 is 15.5 Å². The van der Waals surface area contributed by atoms with E-state index in [0.717, 1.165) is 19.4 Å². The van der Waals surface area contributed by atoms with Crippen LogP contribution in [0, 0.1) is 6.42 Å². The molecule has 0 aliphatic rings. The van der Waals surface area contributed by atoms with Gasteiger partial charge in [-0.25, -0.2) is 0 Å². The van der Waals surface area contributed by atoms with Crippen molar-refractivity contribution in [1.29, 1.82) is 0 Å². The zero-order valence-electron chi connectivity index (χ0n) is 7.08. The van der Waals surface area contributed by atoms with E-state index in [1.54, 1.807) is 6.42 Å². The Bertz CT molecular complexity index is 78.5. The molecule has 0 spiro atoms. The highest BCUT2D eigenvalue weighted by molar-refractivity contribution is 4.80. The van der Waals surface area contributed by atoms with Crippen LogP contribution in [0.4, 0.5) is 0 Å². The minimum absolute atomic E-state index is 0.0182. The SMILES string of the molecule is CCCCNC([CH]CO)CO. The van der Waals surface area contributed by atoms with Crippen molar-refractivity contribution >= 4 is 0 Å². The molecule has 1 atom stereocenters. The first kappa shape index (κ1) is 10.9. The molecule has 0 heterocycles. The molecular formula is C8H18NO2. The molecule has 0 aliphatic carbocycles. The summed E-state index contributed by atoms with van der Waals surface area (Å²) >= 11 is 0. The lowest BCUT2D eigenvalue weighted by Gasteiger charge is -2.13. The Kier molecular flexibility index (Phi) is 7.89. The van der Waals surface area contributed by atoms with Crippen molar-refractivity contribution in [1.82, 2.24) is 5.32 Å². The maximum absolute atomic E-state index is 8.75. The molecule has 3 N–H and O–H groups in total. The van der Waals surface area contributed by atoms with E-state index in [9.17, 15) is 0 Å². The fraction of sp³-hybridized carbons (Fsp3) is 0.875. The van der Waals surface area contributed by atoms with E-state index in [4.69, 9.17) is 10.2 Å². The monoisotopic (exact) mass is 160 g/mol. The molecular weight excluding hydrogens is 142 g/mol. The van der Waals surface area contributed by atoms with E-state index in [-0.39, 0.29) is 19.3 Å². The first-order valence-corrected chi connectivity index (χ1v) is 4.13. The summed E-state index contributed by atoms with van der Waals surface area (Å²) in [5.74, 6) is 0. The van der Waals surface area contributed by atoms with Gasteiger partial charge in [-0.3, -0.25) is 0 Å². The van der Waals surface area contributed by atoms with E-state index >= 15 is 0 Å². The number of aliphatic hydroxyl groups is 2.